The predicted molar refractivity (Wildman–Crippen MR) is 76.0 cm³/mol. The van der Waals surface area contributed by atoms with E-state index >= 15 is 0 Å². The minimum absolute atomic E-state index is 0.0362. The van der Waals surface area contributed by atoms with Gasteiger partial charge in [-0.3, -0.25) is 4.79 Å². The minimum Gasteiger partial charge on any atom is -0.345 e. The van der Waals surface area contributed by atoms with Crippen LogP contribution >= 0.6 is 11.6 Å². The van der Waals surface area contributed by atoms with E-state index in [1.807, 2.05) is 6.07 Å². The van der Waals surface area contributed by atoms with Gasteiger partial charge in [0.2, 0.25) is 5.91 Å². The van der Waals surface area contributed by atoms with Gasteiger partial charge in [-0.05, 0) is 12.1 Å². The van der Waals surface area contributed by atoms with Gasteiger partial charge >= 0.3 is 0 Å². The Morgan fingerprint density at radius 3 is 2.65 bits per heavy atom. The Morgan fingerprint density at radius 2 is 2.05 bits per heavy atom. The van der Waals surface area contributed by atoms with E-state index in [0.29, 0.717) is 6.54 Å². The fourth-order valence-corrected chi connectivity index (χ4v) is 3.36. The summed E-state index contributed by atoms with van der Waals surface area (Å²) >= 11 is 5.84. The molecule has 0 saturated heterocycles. The summed E-state index contributed by atoms with van der Waals surface area (Å²) in [5.74, 6) is -0.609. The average molecular weight is 315 g/mol. The van der Waals surface area contributed by atoms with Crippen molar-refractivity contribution in [2.75, 3.05) is 19.3 Å². The SMILES string of the molecule is CN(CCC#N)C(=O)CCS(=O)(=O)c1ccccc1Cl. The predicted octanol–water partition coefficient (Wildman–Crippen LogP) is 1.88. The Labute approximate surface area is 123 Å². The molecule has 0 radical (unpaired) electrons. The van der Waals surface area contributed by atoms with Gasteiger partial charge in [0.05, 0.1) is 28.2 Å². The second-order valence-electron chi connectivity index (χ2n) is 4.22. The summed E-state index contributed by atoms with van der Waals surface area (Å²) in [6.07, 6.45) is 0.0923. The topological polar surface area (TPSA) is 78.2 Å². The second kappa shape index (κ2) is 7.27. The molecular weight excluding hydrogens is 300 g/mol. The van der Waals surface area contributed by atoms with E-state index < -0.39 is 9.84 Å². The van der Waals surface area contributed by atoms with Gasteiger partial charge in [-0.1, -0.05) is 23.7 Å². The molecule has 0 N–H and O–H groups in total. The van der Waals surface area contributed by atoms with Crippen molar-refractivity contribution in [2.45, 2.75) is 17.7 Å². The summed E-state index contributed by atoms with van der Waals surface area (Å²) in [5.41, 5.74) is 0. The fourth-order valence-electron chi connectivity index (χ4n) is 1.56. The van der Waals surface area contributed by atoms with Crippen LogP contribution in [-0.2, 0) is 14.6 Å². The first kappa shape index (κ1) is 16.5. The zero-order chi connectivity index (χ0) is 15.2. The lowest BCUT2D eigenvalue weighted by Gasteiger charge is -2.15. The number of nitriles is 1. The van der Waals surface area contributed by atoms with Crippen molar-refractivity contribution in [2.24, 2.45) is 0 Å². The van der Waals surface area contributed by atoms with Crippen LogP contribution in [0.4, 0.5) is 0 Å². The summed E-state index contributed by atoms with van der Waals surface area (Å²) < 4.78 is 24.2. The van der Waals surface area contributed by atoms with Crippen molar-refractivity contribution < 1.29 is 13.2 Å². The second-order valence-corrected chi connectivity index (χ2v) is 6.71. The van der Waals surface area contributed by atoms with Crippen LogP contribution in [-0.4, -0.2) is 38.6 Å². The Kier molecular flexibility index (Phi) is 5.99. The highest BCUT2D eigenvalue weighted by atomic mass is 35.5. The molecule has 0 atom stereocenters. The summed E-state index contributed by atoms with van der Waals surface area (Å²) in [6.45, 7) is 0.293. The Hall–Kier alpha value is -1.58. The number of amides is 1. The van der Waals surface area contributed by atoms with Gasteiger partial charge in [0, 0.05) is 20.0 Å². The van der Waals surface area contributed by atoms with Crippen molar-refractivity contribution in [3.63, 3.8) is 0 Å². The van der Waals surface area contributed by atoms with Gasteiger partial charge in [0.25, 0.3) is 0 Å². The first-order valence-electron chi connectivity index (χ1n) is 5.96. The van der Waals surface area contributed by atoms with Gasteiger partial charge < -0.3 is 4.90 Å². The van der Waals surface area contributed by atoms with Crippen molar-refractivity contribution >= 4 is 27.3 Å². The maximum atomic E-state index is 12.1. The lowest BCUT2D eigenvalue weighted by molar-refractivity contribution is -0.129. The standard InChI is InChI=1S/C13H15ClN2O3S/c1-16(9-4-8-15)13(17)7-10-20(18,19)12-6-3-2-5-11(12)14/h2-3,5-6H,4,7,9-10H2,1H3. The molecule has 0 spiro atoms. The summed E-state index contributed by atoms with van der Waals surface area (Å²) in [4.78, 5) is 13.1. The minimum atomic E-state index is -3.58. The van der Waals surface area contributed by atoms with Crippen LogP contribution in [0, 0.1) is 11.3 Å². The number of carbonyl (C=O) groups excluding carboxylic acids is 1. The molecule has 0 bridgehead atoms. The highest BCUT2D eigenvalue weighted by Gasteiger charge is 2.20. The Bertz CT molecular complexity index is 623. The molecule has 20 heavy (non-hydrogen) atoms. The van der Waals surface area contributed by atoms with E-state index in [9.17, 15) is 13.2 Å². The number of hydrogen-bond acceptors (Lipinski definition) is 4. The monoisotopic (exact) mass is 314 g/mol. The number of nitrogens with zero attached hydrogens (tertiary/aromatic N) is 2. The number of benzene rings is 1. The normalized spacial score (nSPS) is 10.8. The van der Waals surface area contributed by atoms with Gasteiger partial charge in [-0.25, -0.2) is 8.42 Å². The van der Waals surface area contributed by atoms with Gasteiger partial charge in [0.15, 0.2) is 9.84 Å². The van der Waals surface area contributed by atoms with Crippen molar-refractivity contribution in [1.82, 2.24) is 4.90 Å². The number of rotatable bonds is 6. The Morgan fingerprint density at radius 1 is 1.40 bits per heavy atom. The van der Waals surface area contributed by atoms with Crippen LogP contribution in [0.3, 0.4) is 0 Å². The lowest BCUT2D eigenvalue weighted by Crippen LogP contribution is -2.29. The maximum absolute atomic E-state index is 12.1. The molecule has 1 aromatic rings. The molecule has 0 aliphatic rings. The number of hydrogen-bond donors (Lipinski definition) is 0. The zero-order valence-corrected chi connectivity index (χ0v) is 12.6. The third kappa shape index (κ3) is 4.51. The van der Waals surface area contributed by atoms with Crippen LogP contribution in [0.2, 0.25) is 5.02 Å². The third-order valence-electron chi connectivity index (χ3n) is 2.74. The number of sulfone groups is 1. The van der Waals surface area contributed by atoms with E-state index in [-0.39, 0.29) is 34.4 Å². The summed E-state index contributed by atoms with van der Waals surface area (Å²) in [6, 6.07) is 8.07. The molecule has 0 aromatic heterocycles. The van der Waals surface area contributed by atoms with Crippen molar-refractivity contribution in [3.8, 4) is 6.07 Å². The average Bonchev–Trinajstić information content (AvgIpc) is 2.42. The largest absolute Gasteiger partial charge is 0.345 e. The zero-order valence-electron chi connectivity index (χ0n) is 11.0. The summed E-state index contributed by atoms with van der Waals surface area (Å²) in [5, 5.41) is 8.59. The molecule has 1 rings (SSSR count). The van der Waals surface area contributed by atoms with E-state index in [2.05, 4.69) is 0 Å². The quantitative estimate of drug-likeness (QED) is 0.803. The maximum Gasteiger partial charge on any atom is 0.223 e. The fraction of sp³-hybridized carbons (Fsp3) is 0.385. The first-order chi connectivity index (χ1) is 9.38. The van der Waals surface area contributed by atoms with Crippen LogP contribution < -0.4 is 0 Å². The van der Waals surface area contributed by atoms with Gasteiger partial charge in [-0.2, -0.15) is 5.26 Å². The number of halogens is 1. The molecule has 0 aliphatic heterocycles. The first-order valence-corrected chi connectivity index (χ1v) is 7.99. The van der Waals surface area contributed by atoms with E-state index in [1.165, 1.54) is 17.0 Å². The lowest BCUT2D eigenvalue weighted by atomic mass is 10.3. The highest BCUT2D eigenvalue weighted by Crippen LogP contribution is 2.22. The molecule has 1 amide bonds. The number of carbonyl (C=O) groups is 1. The Balaban J connectivity index is 2.68. The molecule has 0 heterocycles. The molecule has 5 nitrogen and oxygen atoms in total. The van der Waals surface area contributed by atoms with Crippen LogP contribution in [0.1, 0.15) is 12.8 Å². The third-order valence-corrected chi connectivity index (χ3v) is 4.95. The van der Waals surface area contributed by atoms with E-state index in [1.54, 1.807) is 19.2 Å². The molecule has 0 fully saturated rings. The van der Waals surface area contributed by atoms with Crippen molar-refractivity contribution in [1.29, 1.82) is 5.26 Å². The molecule has 1 aromatic carbocycles. The van der Waals surface area contributed by atoms with Gasteiger partial charge in [0.1, 0.15) is 0 Å². The molecule has 0 aliphatic carbocycles. The smallest absolute Gasteiger partial charge is 0.223 e. The van der Waals surface area contributed by atoms with Gasteiger partial charge in [-0.15, -0.1) is 0 Å². The molecule has 7 heteroatoms. The molecule has 0 saturated carbocycles. The van der Waals surface area contributed by atoms with Crippen molar-refractivity contribution in [3.05, 3.63) is 29.3 Å². The molecule has 0 unspecified atom stereocenters. The molecular formula is C13H15ClN2O3S. The van der Waals surface area contributed by atoms with Crippen LogP contribution in [0.15, 0.2) is 29.2 Å². The van der Waals surface area contributed by atoms with E-state index in [0.717, 1.165) is 0 Å². The highest BCUT2D eigenvalue weighted by molar-refractivity contribution is 7.91. The van der Waals surface area contributed by atoms with Crippen LogP contribution in [0.25, 0.3) is 0 Å². The summed E-state index contributed by atoms with van der Waals surface area (Å²) in [7, 11) is -2.04. The molecule has 108 valence electrons. The van der Waals surface area contributed by atoms with Crippen LogP contribution in [0.5, 0.6) is 0 Å². The van der Waals surface area contributed by atoms with E-state index in [4.69, 9.17) is 16.9 Å².